The quantitative estimate of drug-likeness (QED) is 0.832. The number of nitrogens with two attached hydrogens (primary N) is 1. The van der Waals surface area contributed by atoms with Crippen molar-refractivity contribution in [2.45, 2.75) is 33.4 Å². The summed E-state index contributed by atoms with van der Waals surface area (Å²) in [5, 5.41) is 3.45. The molecule has 106 valence electrons. The third-order valence-corrected chi connectivity index (χ3v) is 3.35. The fourth-order valence-corrected chi connectivity index (χ4v) is 2.23. The van der Waals surface area contributed by atoms with Gasteiger partial charge in [-0.05, 0) is 41.2 Å². The molecule has 0 saturated carbocycles. The van der Waals surface area contributed by atoms with Gasteiger partial charge in [0.05, 0.1) is 0 Å². The van der Waals surface area contributed by atoms with E-state index in [2.05, 4.69) is 67.7 Å². The van der Waals surface area contributed by atoms with Crippen molar-refractivity contribution in [3.05, 3.63) is 65.2 Å². The molecule has 0 spiro atoms. The Labute approximate surface area is 122 Å². The summed E-state index contributed by atoms with van der Waals surface area (Å²) in [5.41, 5.74) is 10.6. The van der Waals surface area contributed by atoms with Gasteiger partial charge in [0.2, 0.25) is 0 Å². The van der Waals surface area contributed by atoms with Crippen molar-refractivity contribution < 1.29 is 0 Å². The zero-order valence-corrected chi connectivity index (χ0v) is 12.4. The van der Waals surface area contributed by atoms with E-state index in [0.29, 0.717) is 12.5 Å². The van der Waals surface area contributed by atoms with Gasteiger partial charge in [0.25, 0.3) is 0 Å². The third kappa shape index (κ3) is 4.39. The first-order valence-corrected chi connectivity index (χ1v) is 7.28. The largest absolute Gasteiger partial charge is 0.381 e. The monoisotopic (exact) mass is 268 g/mol. The van der Waals surface area contributed by atoms with Gasteiger partial charge in [0, 0.05) is 18.8 Å². The van der Waals surface area contributed by atoms with Crippen LogP contribution < -0.4 is 11.1 Å². The van der Waals surface area contributed by atoms with Gasteiger partial charge in [0.1, 0.15) is 0 Å². The smallest absolute Gasteiger partial charge is 0.0400 e. The average Bonchev–Trinajstić information content (AvgIpc) is 2.46. The number of hydrogen-bond acceptors (Lipinski definition) is 2. The molecule has 0 amide bonds. The Bertz CT molecular complexity index is 512. The molecule has 0 saturated heterocycles. The van der Waals surface area contributed by atoms with Gasteiger partial charge in [-0.1, -0.05) is 50.2 Å². The Balaban J connectivity index is 1.89. The number of benzene rings is 2. The Morgan fingerprint density at radius 1 is 0.850 bits per heavy atom. The van der Waals surface area contributed by atoms with E-state index < -0.39 is 0 Å². The lowest BCUT2D eigenvalue weighted by Gasteiger charge is -2.09. The summed E-state index contributed by atoms with van der Waals surface area (Å²) in [5.74, 6) is 0.704. The van der Waals surface area contributed by atoms with Crippen LogP contribution in [0.1, 0.15) is 30.5 Å². The Kier molecular flexibility index (Phi) is 5.19. The second kappa shape index (κ2) is 7.11. The SMILES string of the molecule is CC(C)Cc1ccc(NCc2ccc(CN)cc2)cc1. The van der Waals surface area contributed by atoms with Gasteiger partial charge in [0.15, 0.2) is 0 Å². The van der Waals surface area contributed by atoms with E-state index in [0.717, 1.165) is 13.0 Å². The van der Waals surface area contributed by atoms with Gasteiger partial charge in [-0.2, -0.15) is 0 Å². The van der Waals surface area contributed by atoms with Crippen molar-refractivity contribution in [1.82, 2.24) is 0 Å². The third-order valence-electron chi connectivity index (χ3n) is 3.35. The van der Waals surface area contributed by atoms with E-state index >= 15 is 0 Å². The summed E-state index contributed by atoms with van der Waals surface area (Å²) >= 11 is 0. The number of hydrogen-bond donors (Lipinski definition) is 2. The molecule has 2 heteroatoms. The molecular weight excluding hydrogens is 244 g/mol. The van der Waals surface area contributed by atoms with Crippen molar-refractivity contribution in [2.24, 2.45) is 11.7 Å². The lowest BCUT2D eigenvalue weighted by molar-refractivity contribution is 0.647. The molecule has 0 aliphatic carbocycles. The summed E-state index contributed by atoms with van der Waals surface area (Å²) in [4.78, 5) is 0. The predicted octanol–water partition coefficient (Wildman–Crippen LogP) is 3.96. The normalized spacial score (nSPS) is 10.8. The van der Waals surface area contributed by atoms with Crippen molar-refractivity contribution in [3.63, 3.8) is 0 Å². The van der Waals surface area contributed by atoms with Crippen molar-refractivity contribution in [2.75, 3.05) is 5.32 Å². The maximum atomic E-state index is 5.60. The Hall–Kier alpha value is -1.80. The van der Waals surface area contributed by atoms with Crippen molar-refractivity contribution >= 4 is 5.69 Å². The first-order chi connectivity index (χ1) is 9.67. The highest BCUT2D eigenvalue weighted by molar-refractivity contribution is 5.45. The number of rotatable bonds is 6. The van der Waals surface area contributed by atoms with Crippen LogP contribution in [0.15, 0.2) is 48.5 Å². The van der Waals surface area contributed by atoms with Gasteiger partial charge in [-0.3, -0.25) is 0 Å². The first-order valence-electron chi connectivity index (χ1n) is 7.28. The minimum Gasteiger partial charge on any atom is -0.381 e. The predicted molar refractivity (Wildman–Crippen MR) is 86.6 cm³/mol. The van der Waals surface area contributed by atoms with Crippen LogP contribution in [0, 0.1) is 5.92 Å². The lowest BCUT2D eigenvalue weighted by atomic mass is 10.0. The lowest BCUT2D eigenvalue weighted by Crippen LogP contribution is -2.01. The minimum absolute atomic E-state index is 0.602. The highest BCUT2D eigenvalue weighted by Gasteiger charge is 1.99. The topological polar surface area (TPSA) is 38.0 Å². The molecule has 0 fully saturated rings. The number of anilines is 1. The van der Waals surface area contributed by atoms with Crippen molar-refractivity contribution in [3.8, 4) is 0 Å². The number of nitrogens with one attached hydrogen (secondary N) is 1. The molecule has 0 radical (unpaired) electrons. The zero-order valence-electron chi connectivity index (χ0n) is 12.4. The molecule has 0 heterocycles. The second-order valence-electron chi connectivity index (χ2n) is 5.67. The minimum atomic E-state index is 0.602. The maximum Gasteiger partial charge on any atom is 0.0400 e. The first kappa shape index (κ1) is 14.6. The Morgan fingerprint density at radius 3 is 1.95 bits per heavy atom. The fourth-order valence-electron chi connectivity index (χ4n) is 2.23. The van der Waals surface area contributed by atoms with Crippen LogP contribution in [0.5, 0.6) is 0 Å². The molecule has 0 atom stereocenters. The summed E-state index contributed by atoms with van der Waals surface area (Å²) < 4.78 is 0. The Morgan fingerprint density at radius 2 is 1.40 bits per heavy atom. The van der Waals surface area contributed by atoms with Crippen LogP contribution >= 0.6 is 0 Å². The molecule has 20 heavy (non-hydrogen) atoms. The van der Waals surface area contributed by atoms with Gasteiger partial charge in [-0.25, -0.2) is 0 Å². The highest BCUT2D eigenvalue weighted by Crippen LogP contribution is 2.14. The van der Waals surface area contributed by atoms with Crippen LogP contribution in [-0.4, -0.2) is 0 Å². The van der Waals surface area contributed by atoms with Gasteiger partial charge >= 0.3 is 0 Å². The van der Waals surface area contributed by atoms with Crippen LogP contribution in [-0.2, 0) is 19.5 Å². The second-order valence-corrected chi connectivity index (χ2v) is 5.67. The molecule has 2 nitrogen and oxygen atoms in total. The van der Waals surface area contributed by atoms with E-state index in [4.69, 9.17) is 5.73 Å². The molecule has 0 aliphatic rings. The van der Waals surface area contributed by atoms with E-state index in [-0.39, 0.29) is 0 Å². The van der Waals surface area contributed by atoms with Crippen LogP contribution in [0.3, 0.4) is 0 Å². The maximum absolute atomic E-state index is 5.60. The summed E-state index contributed by atoms with van der Waals surface area (Å²) in [6, 6.07) is 17.2. The van der Waals surface area contributed by atoms with Crippen molar-refractivity contribution in [1.29, 1.82) is 0 Å². The van der Waals surface area contributed by atoms with E-state index in [1.165, 1.54) is 22.4 Å². The molecule has 2 aromatic carbocycles. The van der Waals surface area contributed by atoms with Crippen LogP contribution in [0.4, 0.5) is 5.69 Å². The molecule has 0 bridgehead atoms. The molecule has 2 aromatic rings. The standard InChI is InChI=1S/C18H24N2/c1-14(2)11-15-7-9-18(10-8-15)20-13-17-5-3-16(12-19)4-6-17/h3-10,14,20H,11-13,19H2,1-2H3. The molecule has 0 aliphatic heterocycles. The molecule has 0 aromatic heterocycles. The van der Waals surface area contributed by atoms with E-state index in [9.17, 15) is 0 Å². The zero-order chi connectivity index (χ0) is 14.4. The van der Waals surface area contributed by atoms with Gasteiger partial charge in [-0.15, -0.1) is 0 Å². The van der Waals surface area contributed by atoms with Crippen LogP contribution in [0.2, 0.25) is 0 Å². The average molecular weight is 268 g/mol. The van der Waals surface area contributed by atoms with Crippen LogP contribution in [0.25, 0.3) is 0 Å². The molecule has 3 N–H and O–H groups in total. The fraction of sp³-hybridized carbons (Fsp3) is 0.333. The van der Waals surface area contributed by atoms with Gasteiger partial charge < -0.3 is 11.1 Å². The summed E-state index contributed by atoms with van der Waals surface area (Å²) in [7, 11) is 0. The van der Waals surface area contributed by atoms with E-state index in [1.54, 1.807) is 0 Å². The highest BCUT2D eigenvalue weighted by atomic mass is 14.9. The molecule has 2 rings (SSSR count). The summed E-state index contributed by atoms with van der Waals surface area (Å²) in [6.07, 6.45) is 1.14. The summed E-state index contributed by atoms with van der Waals surface area (Å²) in [6.45, 7) is 5.94. The molecule has 0 unspecified atom stereocenters. The molecular formula is C18H24N2. The van der Waals surface area contributed by atoms with E-state index in [1.807, 2.05) is 0 Å².